The molecule has 7 heteroatoms. The van der Waals surface area contributed by atoms with E-state index < -0.39 is 5.97 Å². The number of carboxylic acid groups (broad SMARTS) is 1. The van der Waals surface area contributed by atoms with Gasteiger partial charge < -0.3 is 9.84 Å². The molecule has 25 heavy (non-hydrogen) atoms. The quantitative estimate of drug-likeness (QED) is 0.560. The van der Waals surface area contributed by atoms with E-state index >= 15 is 0 Å². The number of amides is 1. The van der Waals surface area contributed by atoms with Gasteiger partial charge in [-0.3, -0.25) is 4.79 Å². The van der Waals surface area contributed by atoms with E-state index in [0.29, 0.717) is 11.3 Å². The van der Waals surface area contributed by atoms with Gasteiger partial charge in [0, 0.05) is 11.3 Å². The molecule has 0 spiro atoms. The molecule has 0 saturated carbocycles. The van der Waals surface area contributed by atoms with Crippen molar-refractivity contribution in [3.8, 4) is 5.75 Å². The second-order valence-electron chi connectivity index (χ2n) is 5.03. The van der Waals surface area contributed by atoms with Gasteiger partial charge in [-0.25, -0.2) is 10.2 Å². The Balaban J connectivity index is 1.78. The third kappa shape index (κ3) is 5.96. The summed E-state index contributed by atoms with van der Waals surface area (Å²) in [6.45, 7) is 0. The van der Waals surface area contributed by atoms with Crippen LogP contribution in [-0.2, 0) is 10.5 Å². The molecular weight excluding hydrogens is 340 g/mol. The van der Waals surface area contributed by atoms with Crippen LogP contribution in [0.15, 0.2) is 53.6 Å². The monoisotopic (exact) mass is 358 g/mol. The fourth-order valence-electron chi connectivity index (χ4n) is 1.99. The number of hydrogen-bond acceptors (Lipinski definition) is 5. The summed E-state index contributed by atoms with van der Waals surface area (Å²) in [7, 11) is 1.61. The molecule has 2 rings (SSSR count). The highest BCUT2D eigenvalue weighted by molar-refractivity contribution is 7.99. The van der Waals surface area contributed by atoms with Crippen LogP contribution in [-0.4, -0.2) is 36.1 Å². The molecule has 2 aromatic carbocycles. The first-order valence-corrected chi connectivity index (χ1v) is 8.60. The zero-order valence-corrected chi connectivity index (χ0v) is 14.5. The van der Waals surface area contributed by atoms with Crippen LogP contribution in [0.1, 0.15) is 21.5 Å². The fourth-order valence-corrected chi connectivity index (χ4v) is 2.77. The Morgan fingerprint density at radius 2 is 1.92 bits per heavy atom. The molecule has 2 aromatic rings. The molecule has 130 valence electrons. The van der Waals surface area contributed by atoms with Gasteiger partial charge in [0.1, 0.15) is 5.75 Å². The smallest absolute Gasteiger partial charge is 0.336 e. The van der Waals surface area contributed by atoms with Gasteiger partial charge in [0.05, 0.1) is 24.6 Å². The Hall–Kier alpha value is -2.80. The van der Waals surface area contributed by atoms with Crippen LogP contribution in [0.5, 0.6) is 5.75 Å². The number of thioether (sulfide) groups is 1. The first kappa shape index (κ1) is 18.5. The minimum Gasteiger partial charge on any atom is -0.497 e. The summed E-state index contributed by atoms with van der Waals surface area (Å²) < 4.78 is 5.09. The maximum atomic E-state index is 11.8. The summed E-state index contributed by atoms with van der Waals surface area (Å²) in [5, 5.41) is 12.9. The number of aromatic carboxylic acids is 1. The molecule has 0 aliphatic carbocycles. The van der Waals surface area contributed by atoms with Crippen LogP contribution >= 0.6 is 11.8 Å². The molecule has 0 bridgehead atoms. The number of hydrazone groups is 1. The maximum absolute atomic E-state index is 11.8. The van der Waals surface area contributed by atoms with E-state index in [1.165, 1.54) is 24.0 Å². The zero-order chi connectivity index (χ0) is 18.1. The average Bonchev–Trinajstić information content (AvgIpc) is 2.62. The lowest BCUT2D eigenvalue weighted by molar-refractivity contribution is -0.118. The third-order valence-corrected chi connectivity index (χ3v) is 4.25. The van der Waals surface area contributed by atoms with Gasteiger partial charge in [0.25, 0.3) is 0 Å². The van der Waals surface area contributed by atoms with Gasteiger partial charge in [0.15, 0.2) is 0 Å². The number of carbonyl (C=O) groups excluding carboxylic acids is 1. The van der Waals surface area contributed by atoms with Crippen LogP contribution in [0.2, 0.25) is 0 Å². The van der Waals surface area contributed by atoms with Gasteiger partial charge in [-0.15, -0.1) is 11.8 Å². The van der Waals surface area contributed by atoms with E-state index in [4.69, 9.17) is 9.84 Å². The van der Waals surface area contributed by atoms with Crippen molar-refractivity contribution in [2.45, 2.75) is 5.75 Å². The van der Waals surface area contributed by atoms with E-state index in [-0.39, 0.29) is 17.2 Å². The minimum absolute atomic E-state index is 0.134. The molecule has 6 nitrogen and oxygen atoms in total. The van der Waals surface area contributed by atoms with Crippen LogP contribution in [0.3, 0.4) is 0 Å². The largest absolute Gasteiger partial charge is 0.497 e. The lowest BCUT2D eigenvalue weighted by atomic mass is 10.1. The van der Waals surface area contributed by atoms with Crippen molar-refractivity contribution in [1.82, 2.24) is 5.43 Å². The summed E-state index contributed by atoms with van der Waals surface area (Å²) in [5.74, 6) is 0.459. The highest BCUT2D eigenvalue weighted by Crippen LogP contribution is 2.16. The Kier molecular flexibility index (Phi) is 7.03. The summed E-state index contributed by atoms with van der Waals surface area (Å²) in [6, 6.07) is 14.1. The number of carbonyl (C=O) groups is 2. The van der Waals surface area contributed by atoms with E-state index in [1.807, 2.05) is 24.3 Å². The number of ether oxygens (including phenoxy) is 1. The van der Waals surface area contributed by atoms with Crippen molar-refractivity contribution in [3.63, 3.8) is 0 Å². The normalized spacial score (nSPS) is 10.6. The van der Waals surface area contributed by atoms with Crippen LogP contribution in [0.25, 0.3) is 0 Å². The topological polar surface area (TPSA) is 88.0 Å². The molecule has 0 unspecified atom stereocenters. The number of nitrogens with zero attached hydrogens (tertiary/aromatic N) is 1. The van der Waals surface area contributed by atoms with Crippen molar-refractivity contribution in [2.75, 3.05) is 12.9 Å². The average molecular weight is 358 g/mol. The van der Waals surface area contributed by atoms with Crippen molar-refractivity contribution in [2.24, 2.45) is 5.10 Å². The number of benzene rings is 2. The molecule has 0 heterocycles. The van der Waals surface area contributed by atoms with E-state index in [1.54, 1.807) is 25.3 Å². The van der Waals surface area contributed by atoms with Crippen molar-refractivity contribution < 1.29 is 19.4 Å². The number of rotatable bonds is 8. The third-order valence-electron chi connectivity index (χ3n) is 3.25. The van der Waals surface area contributed by atoms with E-state index in [2.05, 4.69) is 10.5 Å². The Morgan fingerprint density at radius 3 is 2.60 bits per heavy atom. The predicted molar refractivity (Wildman–Crippen MR) is 98.3 cm³/mol. The van der Waals surface area contributed by atoms with Gasteiger partial charge in [0.2, 0.25) is 5.91 Å². The molecule has 0 fully saturated rings. The number of nitrogens with one attached hydrogen (secondary N) is 1. The van der Waals surface area contributed by atoms with Crippen molar-refractivity contribution in [1.29, 1.82) is 0 Å². The van der Waals surface area contributed by atoms with Crippen molar-refractivity contribution >= 4 is 29.9 Å². The number of hydrogen-bond donors (Lipinski definition) is 2. The lowest BCUT2D eigenvalue weighted by Crippen LogP contribution is -2.20. The number of methoxy groups -OCH3 is 1. The second-order valence-corrected chi connectivity index (χ2v) is 6.01. The first-order valence-electron chi connectivity index (χ1n) is 7.45. The van der Waals surface area contributed by atoms with Crippen LogP contribution in [0.4, 0.5) is 0 Å². The molecule has 0 aliphatic heterocycles. The fraction of sp³-hybridized carbons (Fsp3) is 0.167. The highest BCUT2D eigenvalue weighted by Gasteiger charge is 2.07. The summed E-state index contributed by atoms with van der Waals surface area (Å²) in [5.41, 5.74) is 4.06. The predicted octanol–water partition coefficient (Wildman–Crippen LogP) is 2.78. The number of carboxylic acids is 1. The standard InChI is InChI=1S/C18H18N2O4S/c1-24-15-8-6-13(7-9-15)11-25-12-17(21)20-19-10-14-4-2-3-5-16(14)18(22)23/h2-10H,11-12H2,1H3,(H,20,21)(H,22,23)/b19-10-. The summed E-state index contributed by atoms with van der Waals surface area (Å²) >= 11 is 1.46. The van der Waals surface area contributed by atoms with Gasteiger partial charge >= 0.3 is 5.97 Å². The highest BCUT2D eigenvalue weighted by atomic mass is 32.2. The van der Waals surface area contributed by atoms with Crippen molar-refractivity contribution in [3.05, 3.63) is 65.2 Å². The van der Waals surface area contributed by atoms with E-state index in [9.17, 15) is 9.59 Å². The van der Waals surface area contributed by atoms with Gasteiger partial charge in [-0.05, 0) is 23.8 Å². The van der Waals surface area contributed by atoms with Gasteiger partial charge in [-0.1, -0.05) is 30.3 Å². The van der Waals surface area contributed by atoms with Crippen LogP contribution < -0.4 is 10.2 Å². The molecule has 0 aromatic heterocycles. The Morgan fingerprint density at radius 1 is 1.20 bits per heavy atom. The first-order chi connectivity index (χ1) is 12.1. The minimum atomic E-state index is -1.04. The lowest BCUT2D eigenvalue weighted by Gasteiger charge is -2.03. The second kappa shape index (κ2) is 9.48. The zero-order valence-electron chi connectivity index (χ0n) is 13.6. The molecule has 0 atom stereocenters. The van der Waals surface area contributed by atoms with Crippen LogP contribution in [0, 0.1) is 0 Å². The maximum Gasteiger partial charge on any atom is 0.336 e. The van der Waals surface area contributed by atoms with E-state index in [0.717, 1.165) is 11.3 Å². The molecular formula is C18H18N2O4S. The summed E-state index contributed by atoms with van der Waals surface area (Å²) in [6.07, 6.45) is 1.33. The Labute approximate surface area is 149 Å². The molecule has 0 saturated heterocycles. The molecule has 0 radical (unpaired) electrons. The summed E-state index contributed by atoms with van der Waals surface area (Å²) in [4.78, 5) is 22.8. The molecule has 2 N–H and O–H groups in total. The molecule has 1 amide bonds. The molecule has 0 aliphatic rings. The SMILES string of the molecule is COc1ccc(CSCC(=O)N/N=C\c2ccccc2C(=O)O)cc1. The van der Waals surface area contributed by atoms with Gasteiger partial charge in [-0.2, -0.15) is 5.10 Å². The Bertz CT molecular complexity index is 760.